The predicted octanol–water partition coefficient (Wildman–Crippen LogP) is 2.44. The number of thiazole rings is 1. The van der Waals surface area contributed by atoms with Gasteiger partial charge in [-0.3, -0.25) is 4.79 Å². The van der Waals surface area contributed by atoms with Crippen LogP contribution in [0.2, 0.25) is 0 Å². The maximum atomic E-state index is 12.6. The summed E-state index contributed by atoms with van der Waals surface area (Å²) < 4.78 is 0. The number of hydrogen-bond donors (Lipinski definition) is 1. The number of aromatic nitrogens is 1. The Bertz CT molecular complexity index is 470. The van der Waals surface area contributed by atoms with Gasteiger partial charge in [-0.1, -0.05) is 18.3 Å². The van der Waals surface area contributed by atoms with Crippen LogP contribution in [0.25, 0.3) is 0 Å². The zero-order valence-electron chi connectivity index (χ0n) is 12.6. The van der Waals surface area contributed by atoms with Crippen molar-refractivity contribution in [1.29, 1.82) is 0 Å². The van der Waals surface area contributed by atoms with Gasteiger partial charge in [0.15, 0.2) is 5.13 Å². The SMILES string of the molecule is CCCN(CC1CC1)C(=O)c1sc(N(C)CC)nc1N. The van der Waals surface area contributed by atoms with E-state index in [0.717, 1.165) is 31.2 Å². The summed E-state index contributed by atoms with van der Waals surface area (Å²) in [5.41, 5.74) is 5.94. The van der Waals surface area contributed by atoms with Crippen molar-refractivity contribution < 1.29 is 4.79 Å². The van der Waals surface area contributed by atoms with Crippen LogP contribution in [0.1, 0.15) is 42.8 Å². The molecule has 0 aromatic carbocycles. The number of amides is 1. The van der Waals surface area contributed by atoms with Crippen molar-refractivity contribution in [3.63, 3.8) is 0 Å². The normalized spacial score (nSPS) is 14.3. The van der Waals surface area contributed by atoms with Crippen molar-refractivity contribution in [2.75, 3.05) is 37.3 Å². The molecule has 0 bridgehead atoms. The van der Waals surface area contributed by atoms with Crippen LogP contribution in [0.3, 0.4) is 0 Å². The molecule has 5 nitrogen and oxygen atoms in total. The van der Waals surface area contributed by atoms with Crippen LogP contribution in [0.4, 0.5) is 10.9 Å². The Morgan fingerprint density at radius 3 is 2.70 bits per heavy atom. The smallest absolute Gasteiger partial charge is 0.267 e. The molecule has 1 amide bonds. The molecule has 112 valence electrons. The van der Waals surface area contributed by atoms with E-state index in [4.69, 9.17) is 5.73 Å². The zero-order valence-corrected chi connectivity index (χ0v) is 13.4. The van der Waals surface area contributed by atoms with Gasteiger partial charge < -0.3 is 15.5 Å². The standard InChI is InChI=1S/C14H24N4OS/c1-4-8-18(9-10-6-7-10)13(19)11-12(15)16-14(20-11)17(3)5-2/h10H,4-9,15H2,1-3H3. The Balaban J connectivity index is 2.14. The third-order valence-corrected chi connectivity index (χ3v) is 4.77. The van der Waals surface area contributed by atoms with Crippen LogP contribution in [-0.2, 0) is 0 Å². The summed E-state index contributed by atoms with van der Waals surface area (Å²) in [6.07, 6.45) is 3.46. The van der Waals surface area contributed by atoms with Gasteiger partial charge in [0.2, 0.25) is 0 Å². The second-order valence-corrected chi connectivity index (χ2v) is 6.40. The fourth-order valence-electron chi connectivity index (χ4n) is 2.07. The second-order valence-electron chi connectivity index (χ2n) is 5.42. The van der Waals surface area contributed by atoms with Gasteiger partial charge in [0, 0.05) is 26.7 Å². The summed E-state index contributed by atoms with van der Waals surface area (Å²) in [7, 11) is 1.96. The van der Waals surface area contributed by atoms with Crippen molar-refractivity contribution >= 4 is 28.2 Å². The Hall–Kier alpha value is -1.30. The largest absolute Gasteiger partial charge is 0.382 e. The first-order valence-corrected chi connectivity index (χ1v) is 8.15. The van der Waals surface area contributed by atoms with Crippen LogP contribution < -0.4 is 10.6 Å². The fraction of sp³-hybridized carbons (Fsp3) is 0.714. The van der Waals surface area contributed by atoms with Crippen molar-refractivity contribution in [2.24, 2.45) is 5.92 Å². The van der Waals surface area contributed by atoms with E-state index >= 15 is 0 Å². The lowest BCUT2D eigenvalue weighted by atomic mass is 10.3. The van der Waals surface area contributed by atoms with E-state index in [1.807, 2.05) is 16.8 Å². The molecule has 0 unspecified atom stereocenters. The maximum absolute atomic E-state index is 12.6. The molecule has 6 heteroatoms. The molecule has 20 heavy (non-hydrogen) atoms. The number of carbonyl (C=O) groups excluding carboxylic acids is 1. The highest BCUT2D eigenvalue weighted by Crippen LogP contribution is 2.32. The Kier molecular flexibility index (Phi) is 4.86. The first-order valence-electron chi connectivity index (χ1n) is 7.33. The highest BCUT2D eigenvalue weighted by Gasteiger charge is 2.29. The van der Waals surface area contributed by atoms with Gasteiger partial charge in [-0.2, -0.15) is 0 Å². The molecule has 1 aliphatic carbocycles. The minimum Gasteiger partial charge on any atom is -0.382 e. The first kappa shape index (κ1) is 15.1. The lowest BCUT2D eigenvalue weighted by Crippen LogP contribution is -2.33. The molecule has 0 atom stereocenters. The number of nitrogens with zero attached hydrogens (tertiary/aromatic N) is 3. The van der Waals surface area contributed by atoms with E-state index in [2.05, 4.69) is 18.8 Å². The summed E-state index contributed by atoms with van der Waals surface area (Å²) in [4.78, 5) is 21.5. The van der Waals surface area contributed by atoms with Crippen LogP contribution in [0.5, 0.6) is 0 Å². The molecule has 0 aliphatic heterocycles. The summed E-state index contributed by atoms with van der Waals surface area (Å²) in [6, 6.07) is 0. The molecule has 0 spiro atoms. The molecule has 1 aliphatic rings. The number of anilines is 2. The number of hydrogen-bond acceptors (Lipinski definition) is 5. The van der Waals surface area contributed by atoms with Crippen molar-refractivity contribution in [2.45, 2.75) is 33.1 Å². The van der Waals surface area contributed by atoms with Crippen LogP contribution >= 0.6 is 11.3 Å². The van der Waals surface area contributed by atoms with Gasteiger partial charge in [0.05, 0.1) is 0 Å². The van der Waals surface area contributed by atoms with Gasteiger partial charge in [-0.15, -0.1) is 0 Å². The summed E-state index contributed by atoms with van der Waals surface area (Å²) in [5, 5.41) is 0.816. The summed E-state index contributed by atoms with van der Waals surface area (Å²) in [5.74, 6) is 1.11. The predicted molar refractivity (Wildman–Crippen MR) is 84.4 cm³/mol. The quantitative estimate of drug-likeness (QED) is 0.839. The van der Waals surface area contributed by atoms with E-state index in [-0.39, 0.29) is 5.91 Å². The summed E-state index contributed by atoms with van der Waals surface area (Å²) in [6.45, 7) is 6.66. The van der Waals surface area contributed by atoms with E-state index in [1.165, 1.54) is 24.2 Å². The van der Waals surface area contributed by atoms with Crippen molar-refractivity contribution in [3.8, 4) is 0 Å². The van der Waals surface area contributed by atoms with Gasteiger partial charge in [0.1, 0.15) is 10.7 Å². The van der Waals surface area contributed by atoms with Crippen LogP contribution in [-0.4, -0.2) is 42.5 Å². The average molecular weight is 296 g/mol. The zero-order chi connectivity index (χ0) is 14.7. The summed E-state index contributed by atoms with van der Waals surface area (Å²) >= 11 is 1.40. The molecule has 2 rings (SSSR count). The number of rotatable bonds is 7. The number of carbonyl (C=O) groups is 1. The molecule has 0 radical (unpaired) electrons. The van der Waals surface area contributed by atoms with Crippen molar-refractivity contribution in [1.82, 2.24) is 9.88 Å². The molecule has 1 heterocycles. The second kappa shape index (κ2) is 6.43. The van der Waals surface area contributed by atoms with Gasteiger partial charge in [-0.25, -0.2) is 4.98 Å². The number of nitrogen functional groups attached to an aromatic ring is 1. The topological polar surface area (TPSA) is 62.5 Å². The van der Waals surface area contributed by atoms with E-state index in [9.17, 15) is 4.79 Å². The van der Waals surface area contributed by atoms with E-state index in [0.29, 0.717) is 16.6 Å². The van der Waals surface area contributed by atoms with Gasteiger partial charge in [-0.05, 0) is 32.1 Å². The maximum Gasteiger partial charge on any atom is 0.267 e. The van der Waals surface area contributed by atoms with E-state index < -0.39 is 0 Å². The Morgan fingerprint density at radius 2 is 2.15 bits per heavy atom. The van der Waals surface area contributed by atoms with Crippen molar-refractivity contribution in [3.05, 3.63) is 4.88 Å². The van der Waals surface area contributed by atoms with E-state index in [1.54, 1.807) is 0 Å². The molecule has 1 aromatic rings. The molecule has 1 fully saturated rings. The molecule has 1 saturated carbocycles. The molecule has 0 saturated heterocycles. The lowest BCUT2D eigenvalue weighted by molar-refractivity contribution is 0.0753. The minimum absolute atomic E-state index is 0.0458. The third kappa shape index (κ3) is 3.42. The molecule has 1 aromatic heterocycles. The average Bonchev–Trinajstić information content (AvgIpc) is 3.17. The minimum atomic E-state index is 0.0458. The highest BCUT2D eigenvalue weighted by atomic mass is 32.1. The first-order chi connectivity index (χ1) is 9.56. The van der Waals surface area contributed by atoms with Crippen LogP contribution in [0, 0.1) is 5.92 Å². The van der Waals surface area contributed by atoms with Crippen LogP contribution in [0.15, 0.2) is 0 Å². The molecule has 2 N–H and O–H groups in total. The Labute approximate surface area is 124 Å². The van der Waals surface area contributed by atoms with Gasteiger partial charge in [0.25, 0.3) is 5.91 Å². The monoisotopic (exact) mass is 296 g/mol. The highest BCUT2D eigenvalue weighted by molar-refractivity contribution is 7.18. The van der Waals surface area contributed by atoms with Gasteiger partial charge >= 0.3 is 0 Å². The fourth-order valence-corrected chi connectivity index (χ4v) is 3.05. The molecular weight excluding hydrogens is 272 g/mol. The number of nitrogens with two attached hydrogens (primary N) is 1. The Morgan fingerprint density at radius 1 is 1.45 bits per heavy atom. The lowest BCUT2D eigenvalue weighted by Gasteiger charge is -2.21. The molecular formula is C14H24N4OS. The third-order valence-electron chi connectivity index (χ3n) is 3.59.